The monoisotopic (exact) mass is 225 g/mol. The Balaban J connectivity index is 1.90. The second-order valence-corrected chi connectivity index (χ2v) is 5.13. The van der Waals surface area contributed by atoms with Gasteiger partial charge in [0.15, 0.2) is 0 Å². The van der Waals surface area contributed by atoms with Gasteiger partial charge in [-0.15, -0.1) is 0 Å². The lowest BCUT2D eigenvalue weighted by molar-refractivity contribution is -0.158. The Kier molecular flexibility index (Phi) is 3.85. The molecule has 0 aromatic rings. The third kappa shape index (κ3) is 2.40. The van der Waals surface area contributed by atoms with E-state index >= 15 is 0 Å². The molecule has 1 atom stereocenters. The largest absolute Gasteiger partial charge is 0.461 e. The van der Waals surface area contributed by atoms with Crippen molar-refractivity contribution in [3.8, 4) is 0 Å². The predicted molar refractivity (Wildman–Crippen MR) is 63.2 cm³/mol. The molecule has 1 aliphatic carbocycles. The third-order valence-corrected chi connectivity index (χ3v) is 4.06. The van der Waals surface area contributed by atoms with Crippen LogP contribution in [0.25, 0.3) is 0 Å². The van der Waals surface area contributed by atoms with Crippen LogP contribution in [0.3, 0.4) is 0 Å². The standard InChI is InChI=1S/C13H23NO2/c1-2-13(9-6-10-14-13)12(15)16-11-7-4-3-5-8-11/h11,14H,2-10H2,1H3. The summed E-state index contributed by atoms with van der Waals surface area (Å²) in [4.78, 5) is 12.2. The van der Waals surface area contributed by atoms with E-state index in [0.29, 0.717) is 0 Å². The van der Waals surface area contributed by atoms with Gasteiger partial charge in [-0.1, -0.05) is 13.3 Å². The summed E-state index contributed by atoms with van der Waals surface area (Å²) in [6.45, 7) is 3.02. The Labute approximate surface area is 97.9 Å². The van der Waals surface area contributed by atoms with Gasteiger partial charge in [-0.2, -0.15) is 0 Å². The van der Waals surface area contributed by atoms with Crippen LogP contribution in [0, 0.1) is 0 Å². The van der Waals surface area contributed by atoms with E-state index < -0.39 is 0 Å². The van der Waals surface area contributed by atoms with Crippen molar-refractivity contribution in [1.29, 1.82) is 0 Å². The molecule has 0 aromatic heterocycles. The number of hydrogen-bond donors (Lipinski definition) is 1. The summed E-state index contributed by atoms with van der Waals surface area (Å²) in [5.74, 6) is -0.000556. The smallest absolute Gasteiger partial charge is 0.326 e. The molecule has 2 fully saturated rings. The second-order valence-electron chi connectivity index (χ2n) is 5.13. The van der Waals surface area contributed by atoms with Gasteiger partial charge in [-0.3, -0.25) is 4.79 Å². The van der Waals surface area contributed by atoms with Crippen molar-refractivity contribution in [2.24, 2.45) is 0 Å². The van der Waals surface area contributed by atoms with E-state index in [4.69, 9.17) is 4.74 Å². The fourth-order valence-electron chi connectivity index (χ4n) is 2.87. The number of rotatable bonds is 3. The molecule has 1 unspecified atom stereocenters. The number of esters is 1. The van der Waals surface area contributed by atoms with Crippen molar-refractivity contribution < 1.29 is 9.53 Å². The summed E-state index contributed by atoms with van der Waals surface area (Å²) in [6, 6.07) is 0. The molecule has 0 spiro atoms. The topological polar surface area (TPSA) is 38.3 Å². The first kappa shape index (κ1) is 11.9. The maximum absolute atomic E-state index is 12.2. The van der Waals surface area contributed by atoms with Crippen molar-refractivity contribution >= 4 is 5.97 Å². The first-order chi connectivity index (χ1) is 7.77. The van der Waals surface area contributed by atoms with Gasteiger partial charge in [0.1, 0.15) is 11.6 Å². The highest BCUT2D eigenvalue weighted by Gasteiger charge is 2.41. The number of ether oxygens (including phenoxy) is 1. The average molecular weight is 225 g/mol. The molecule has 0 amide bonds. The lowest BCUT2D eigenvalue weighted by Gasteiger charge is -2.30. The van der Waals surface area contributed by atoms with Crippen LogP contribution in [0.2, 0.25) is 0 Å². The predicted octanol–water partition coefficient (Wildman–Crippen LogP) is 2.39. The Morgan fingerprint density at radius 1 is 1.31 bits per heavy atom. The molecule has 92 valence electrons. The van der Waals surface area contributed by atoms with E-state index in [0.717, 1.165) is 38.6 Å². The van der Waals surface area contributed by atoms with Crippen molar-refractivity contribution in [2.75, 3.05) is 6.54 Å². The van der Waals surface area contributed by atoms with Gasteiger partial charge in [0, 0.05) is 0 Å². The van der Waals surface area contributed by atoms with E-state index in [1.807, 2.05) is 0 Å². The summed E-state index contributed by atoms with van der Waals surface area (Å²) >= 11 is 0. The lowest BCUT2D eigenvalue weighted by atomic mass is 9.93. The molecule has 16 heavy (non-hydrogen) atoms. The molecule has 1 saturated heterocycles. The van der Waals surface area contributed by atoms with Gasteiger partial charge in [-0.25, -0.2) is 0 Å². The van der Waals surface area contributed by atoms with Crippen molar-refractivity contribution in [1.82, 2.24) is 5.32 Å². The molecule has 1 N–H and O–H groups in total. The van der Waals surface area contributed by atoms with Crippen LogP contribution in [-0.2, 0) is 9.53 Å². The van der Waals surface area contributed by atoms with E-state index in [1.54, 1.807) is 0 Å². The van der Waals surface area contributed by atoms with E-state index in [1.165, 1.54) is 19.3 Å². The molecule has 1 aliphatic heterocycles. The summed E-state index contributed by atoms with van der Waals surface area (Å²) in [5, 5.41) is 3.33. The van der Waals surface area contributed by atoms with E-state index in [2.05, 4.69) is 12.2 Å². The molecule has 1 saturated carbocycles. The molecule has 3 nitrogen and oxygen atoms in total. The maximum atomic E-state index is 12.2. The molecule has 0 bridgehead atoms. The first-order valence-electron chi connectivity index (χ1n) is 6.73. The summed E-state index contributed by atoms with van der Waals surface area (Å²) in [7, 11) is 0. The van der Waals surface area contributed by atoms with E-state index in [-0.39, 0.29) is 17.6 Å². The molecule has 1 heterocycles. The second kappa shape index (κ2) is 5.17. The normalized spacial score (nSPS) is 31.6. The quantitative estimate of drug-likeness (QED) is 0.749. The van der Waals surface area contributed by atoms with Gasteiger partial charge in [0.05, 0.1) is 0 Å². The number of nitrogens with one attached hydrogen (secondary N) is 1. The van der Waals surface area contributed by atoms with Crippen LogP contribution >= 0.6 is 0 Å². The van der Waals surface area contributed by atoms with Gasteiger partial charge in [-0.05, 0) is 51.5 Å². The van der Waals surface area contributed by atoms with Crippen LogP contribution < -0.4 is 5.32 Å². The highest BCUT2D eigenvalue weighted by atomic mass is 16.5. The highest BCUT2D eigenvalue weighted by molar-refractivity contribution is 5.81. The third-order valence-electron chi connectivity index (χ3n) is 4.06. The Morgan fingerprint density at radius 3 is 2.62 bits per heavy atom. The summed E-state index contributed by atoms with van der Waals surface area (Å²) in [6.07, 6.45) is 8.91. The zero-order valence-corrected chi connectivity index (χ0v) is 10.3. The fourth-order valence-corrected chi connectivity index (χ4v) is 2.87. The van der Waals surface area contributed by atoms with Crippen LogP contribution in [0.5, 0.6) is 0 Å². The molecular formula is C13H23NO2. The maximum Gasteiger partial charge on any atom is 0.326 e. The van der Waals surface area contributed by atoms with Gasteiger partial charge in [0.25, 0.3) is 0 Å². The van der Waals surface area contributed by atoms with Crippen molar-refractivity contribution in [3.05, 3.63) is 0 Å². The van der Waals surface area contributed by atoms with Crippen LogP contribution in [0.15, 0.2) is 0 Å². The van der Waals surface area contributed by atoms with Crippen molar-refractivity contribution in [2.45, 2.75) is 69.9 Å². The van der Waals surface area contributed by atoms with Gasteiger partial charge in [0.2, 0.25) is 0 Å². The van der Waals surface area contributed by atoms with Crippen LogP contribution in [0.1, 0.15) is 58.3 Å². The molecule has 2 rings (SSSR count). The molecule has 3 heteroatoms. The van der Waals surface area contributed by atoms with Gasteiger partial charge < -0.3 is 10.1 Å². The Hall–Kier alpha value is -0.570. The molecule has 2 aliphatic rings. The fraction of sp³-hybridized carbons (Fsp3) is 0.923. The Morgan fingerprint density at radius 2 is 2.06 bits per heavy atom. The minimum Gasteiger partial charge on any atom is -0.461 e. The van der Waals surface area contributed by atoms with Gasteiger partial charge >= 0.3 is 5.97 Å². The number of carbonyl (C=O) groups is 1. The average Bonchev–Trinajstić information content (AvgIpc) is 2.80. The minimum absolute atomic E-state index is 0.000556. The first-order valence-corrected chi connectivity index (χ1v) is 6.73. The molecule has 0 radical (unpaired) electrons. The van der Waals surface area contributed by atoms with Crippen LogP contribution in [0.4, 0.5) is 0 Å². The number of hydrogen-bond acceptors (Lipinski definition) is 3. The zero-order valence-electron chi connectivity index (χ0n) is 10.3. The molecule has 0 aromatic carbocycles. The van der Waals surface area contributed by atoms with Crippen molar-refractivity contribution in [3.63, 3.8) is 0 Å². The number of carbonyl (C=O) groups excluding carboxylic acids is 1. The van der Waals surface area contributed by atoms with E-state index in [9.17, 15) is 4.79 Å². The summed E-state index contributed by atoms with van der Waals surface area (Å²) in [5.41, 5.74) is -0.364. The highest BCUT2D eigenvalue weighted by Crippen LogP contribution is 2.27. The molecular weight excluding hydrogens is 202 g/mol. The van der Waals surface area contributed by atoms with Crippen LogP contribution in [-0.4, -0.2) is 24.2 Å². The SMILES string of the molecule is CCC1(C(=O)OC2CCCCC2)CCCN1. The minimum atomic E-state index is -0.364. The lowest BCUT2D eigenvalue weighted by Crippen LogP contribution is -2.49. The Bertz CT molecular complexity index is 240. The summed E-state index contributed by atoms with van der Waals surface area (Å²) < 4.78 is 5.67. The zero-order chi connectivity index (χ0) is 11.4.